The zero-order valence-electron chi connectivity index (χ0n) is 15.1. The molecule has 0 spiro atoms. The van der Waals surface area contributed by atoms with Gasteiger partial charge in [0.15, 0.2) is 6.10 Å². The molecule has 0 aliphatic carbocycles. The summed E-state index contributed by atoms with van der Waals surface area (Å²) in [5, 5.41) is 1.91. The van der Waals surface area contributed by atoms with Gasteiger partial charge in [-0.1, -0.05) is 30.8 Å². The lowest BCUT2D eigenvalue weighted by Gasteiger charge is -2.20. The molecule has 25 heavy (non-hydrogen) atoms. The van der Waals surface area contributed by atoms with Crippen molar-refractivity contribution in [2.45, 2.75) is 20.0 Å². The molecule has 2 aromatic carbocycles. The molecule has 2 aromatic rings. The van der Waals surface area contributed by atoms with Crippen LogP contribution in [0.25, 0.3) is 10.8 Å². The lowest BCUT2D eigenvalue weighted by atomic mass is 10.0. The molecule has 1 atom stereocenters. The lowest BCUT2D eigenvalue weighted by Crippen LogP contribution is -2.29. The number of benzene rings is 2. The third-order valence-corrected chi connectivity index (χ3v) is 3.75. The van der Waals surface area contributed by atoms with Gasteiger partial charge in [-0.05, 0) is 25.5 Å². The van der Waals surface area contributed by atoms with Crippen LogP contribution in [0.1, 0.15) is 12.5 Å². The summed E-state index contributed by atoms with van der Waals surface area (Å²) in [7, 11) is 3.20. The highest BCUT2D eigenvalue weighted by Crippen LogP contribution is 2.36. The van der Waals surface area contributed by atoms with Gasteiger partial charge in [-0.3, -0.25) is 0 Å². The van der Waals surface area contributed by atoms with E-state index in [2.05, 4.69) is 6.58 Å². The molecule has 5 nitrogen and oxygen atoms in total. The number of esters is 1. The minimum Gasteiger partial charge on any atom is -0.496 e. The van der Waals surface area contributed by atoms with Crippen molar-refractivity contribution in [1.29, 1.82) is 0 Å². The Morgan fingerprint density at radius 2 is 1.84 bits per heavy atom. The maximum Gasteiger partial charge on any atom is 0.333 e. The lowest BCUT2D eigenvalue weighted by molar-refractivity contribution is -0.148. The van der Waals surface area contributed by atoms with Gasteiger partial charge in [0.2, 0.25) is 0 Å². The molecule has 0 saturated carbocycles. The van der Waals surface area contributed by atoms with Gasteiger partial charge < -0.3 is 18.9 Å². The number of fused-ring (bicyclic) bond motifs is 1. The second kappa shape index (κ2) is 8.53. The van der Waals surface area contributed by atoms with Crippen LogP contribution in [0.2, 0.25) is 0 Å². The smallest absolute Gasteiger partial charge is 0.333 e. The van der Waals surface area contributed by atoms with Crippen LogP contribution in [-0.4, -0.2) is 39.5 Å². The molecule has 0 heterocycles. The summed E-state index contributed by atoms with van der Waals surface area (Å²) in [6.07, 6.45) is -0.519. The van der Waals surface area contributed by atoms with Gasteiger partial charge in [-0.15, -0.1) is 0 Å². The van der Waals surface area contributed by atoms with E-state index in [9.17, 15) is 4.79 Å². The summed E-state index contributed by atoms with van der Waals surface area (Å²) in [6.45, 7) is 7.58. The Labute approximate surface area is 148 Å². The molecule has 0 aliphatic rings. The van der Waals surface area contributed by atoms with E-state index in [-0.39, 0.29) is 13.2 Å². The molecule has 0 fully saturated rings. The predicted octanol–water partition coefficient (Wildman–Crippen LogP) is 3.67. The first-order chi connectivity index (χ1) is 12.0. The Balaban J connectivity index is 2.25. The number of aryl methyl sites for hydroxylation is 1. The van der Waals surface area contributed by atoms with E-state index in [1.54, 1.807) is 21.1 Å². The molecule has 0 aromatic heterocycles. The number of hydrogen-bond donors (Lipinski definition) is 0. The zero-order chi connectivity index (χ0) is 18.4. The van der Waals surface area contributed by atoms with Crippen LogP contribution in [0.3, 0.4) is 0 Å². The van der Waals surface area contributed by atoms with Crippen molar-refractivity contribution in [3.05, 3.63) is 48.0 Å². The van der Waals surface area contributed by atoms with Crippen LogP contribution in [0.4, 0.5) is 0 Å². The molecule has 0 aliphatic heterocycles. The van der Waals surface area contributed by atoms with Crippen molar-refractivity contribution >= 4 is 16.7 Å². The van der Waals surface area contributed by atoms with Gasteiger partial charge in [0, 0.05) is 23.5 Å². The monoisotopic (exact) mass is 344 g/mol. The zero-order valence-corrected chi connectivity index (χ0v) is 15.1. The summed E-state index contributed by atoms with van der Waals surface area (Å²) in [5.74, 6) is 1.08. The maximum absolute atomic E-state index is 11.8. The third kappa shape index (κ3) is 4.51. The normalized spacial score (nSPS) is 11.8. The SMILES string of the molecule is C=C(C)C(=O)OC(COC)COc1c(C)cc(OC)c2ccccc12. The fraction of sp³-hybridized carbons (Fsp3) is 0.350. The van der Waals surface area contributed by atoms with E-state index in [1.807, 2.05) is 37.3 Å². The molecular weight excluding hydrogens is 320 g/mol. The number of hydrogen-bond acceptors (Lipinski definition) is 5. The highest BCUT2D eigenvalue weighted by atomic mass is 16.6. The van der Waals surface area contributed by atoms with Crippen LogP contribution in [0, 0.1) is 6.92 Å². The summed E-state index contributed by atoms with van der Waals surface area (Å²) < 4.78 is 21.9. The Bertz CT molecular complexity index is 766. The minimum absolute atomic E-state index is 0.185. The number of ether oxygens (including phenoxy) is 4. The number of carbonyl (C=O) groups excluding carboxylic acids is 1. The van der Waals surface area contributed by atoms with Crippen LogP contribution in [-0.2, 0) is 14.3 Å². The highest BCUT2D eigenvalue weighted by molar-refractivity contribution is 5.94. The van der Waals surface area contributed by atoms with E-state index >= 15 is 0 Å². The van der Waals surface area contributed by atoms with Gasteiger partial charge in [-0.2, -0.15) is 0 Å². The molecule has 0 saturated heterocycles. The van der Waals surface area contributed by atoms with Crippen molar-refractivity contribution < 1.29 is 23.7 Å². The Morgan fingerprint density at radius 3 is 2.44 bits per heavy atom. The first-order valence-corrected chi connectivity index (χ1v) is 8.02. The van der Waals surface area contributed by atoms with Crippen molar-refractivity contribution in [3.8, 4) is 11.5 Å². The molecular formula is C20H24O5. The van der Waals surface area contributed by atoms with Crippen LogP contribution in [0.5, 0.6) is 11.5 Å². The average molecular weight is 344 g/mol. The summed E-state index contributed by atoms with van der Waals surface area (Å²) in [5.41, 5.74) is 1.28. The Hall–Kier alpha value is -2.53. The van der Waals surface area contributed by atoms with Crippen molar-refractivity contribution in [2.75, 3.05) is 27.4 Å². The predicted molar refractivity (Wildman–Crippen MR) is 97.3 cm³/mol. The summed E-state index contributed by atoms with van der Waals surface area (Å²) >= 11 is 0. The van der Waals surface area contributed by atoms with Gasteiger partial charge in [0.1, 0.15) is 18.1 Å². The van der Waals surface area contributed by atoms with Gasteiger partial charge >= 0.3 is 5.97 Å². The standard InChI is InChI=1S/C20H24O5/c1-13(2)20(21)25-15(11-22-4)12-24-19-14(3)10-18(23-5)16-8-6-7-9-17(16)19/h6-10,15H,1,11-12H2,2-5H3. The number of methoxy groups -OCH3 is 2. The highest BCUT2D eigenvalue weighted by Gasteiger charge is 2.18. The molecule has 134 valence electrons. The van der Waals surface area contributed by atoms with Crippen molar-refractivity contribution in [1.82, 2.24) is 0 Å². The second-order valence-electron chi connectivity index (χ2n) is 5.84. The molecule has 1 unspecified atom stereocenters. The van der Waals surface area contributed by atoms with Gasteiger partial charge in [0.25, 0.3) is 0 Å². The fourth-order valence-electron chi connectivity index (χ4n) is 2.54. The van der Waals surface area contributed by atoms with E-state index < -0.39 is 12.1 Å². The number of carbonyl (C=O) groups is 1. The van der Waals surface area contributed by atoms with Crippen LogP contribution < -0.4 is 9.47 Å². The van der Waals surface area contributed by atoms with Gasteiger partial charge in [0.05, 0.1) is 13.7 Å². The van der Waals surface area contributed by atoms with E-state index in [0.29, 0.717) is 5.57 Å². The van der Waals surface area contributed by atoms with E-state index in [4.69, 9.17) is 18.9 Å². The third-order valence-electron chi connectivity index (χ3n) is 3.75. The van der Waals surface area contributed by atoms with E-state index in [0.717, 1.165) is 27.8 Å². The van der Waals surface area contributed by atoms with Crippen LogP contribution in [0.15, 0.2) is 42.5 Å². The maximum atomic E-state index is 11.8. The van der Waals surface area contributed by atoms with E-state index in [1.165, 1.54) is 0 Å². The Kier molecular flexibility index (Phi) is 6.42. The topological polar surface area (TPSA) is 54.0 Å². The minimum atomic E-state index is -0.519. The number of rotatable bonds is 8. The molecule has 5 heteroatoms. The second-order valence-corrected chi connectivity index (χ2v) is 5.84. The van der Waals surface area contributed by atoms with Crippen molar-refractivity contribution in [2.24, 2.45) is 0 Å². The first-order valence-electron chi connectivity index (χ1n) is 8.02. The van der Waals surface area contributed by atoms with Crippen LogP contribution >= 0.6 is 0 Å². The summed E-state index contributed by atoms with van der Waals surface area (Å²) in [6, 6.07) is 9.79. The van der Waals surface area contributed by atoms with Crippen molar-refractivity contribution in [3.63, 3.8) is 0 Å². The molecule has 0 amide bonds. The molecule has 0 radical (unpaired) electrons. The molecule has 0 N–H and O–H groups in total. The first kappa shape index (κ1) is 18.8. The summed E-state index contributed by atoms with van der Waals surface area (Å²) in [4.78, 5) is 11.8. The quantitative estimate of drug-likeness (QED) is 0.540. The average Bonchev–Trinajstić information content (AvgIpc) is 2.60. The largest absolute Gasteiger partial charge is 0.496 e. The molecule has 2 rings (SSSR count). The molecule has 0 bridgehead atoms. The Morgan fingerprint density at radius 1 is 1.16 bits per heavy atom. The van der Waals surface area contributed by atoms with Gasteiger partial charge in [-0.25, -0.2) is 4.79 Å². The fourth-order valence-corrected chi connectivity index (χ4v) is 2.54.